The standard InChI is InChI=1S/C23H29Cl2N3O5S2.Na/c1-17-2-5-21(6-3-17)34(29,30)26-35(31,32)28-14-8-18(9-15-28)27-12-10-19(11-13-27)33-20-4-7-22(24)23(25)16-20;/h2-7,16,18-19,26H,8-15H2,1H3;. The third-order valence-corrected chi connectivity index (χ3v) is 10.9. The van der Waals surface area contributed by atoms with Crippen LogP contribution in [0.1, 0.15) is 31.2 Å². The summed E-state index contributed by atoms with van der Waals surface area (Å²) in [4.78, 5) is 2.29. The molecule has 2 aromatic rings. The number of halogens is 2. The first-order valence-corrected chi connectivity index (χ1v) is 15.2. The fraction of sp³-hybridized carbons (Fsp3) is 0.478. The zero-order chi connectivity index (χ0) is 25.2. The monoisotopic (exact) mass is 584 g/mol. The number of nitrogens with zero attached hydrogens (tertiary/aromatic N) is 2. The molecule has 2 saturated heterocycles. The van der Waals surface area contributed by atoms with Gasteiger partial charge in [0.25, 0.3) is 20.2 Å². The molecule has 0 atom stereocenters. The molecule has 2 aromatic carbocycles. The van der Waals surface area contributed by atoms with Crippen molar-refractivity contribution in [3.8, 4) is 5.75 Å². The number of aryl methyl sites for hydroxylation is 1. The fourth-order valence-electron chi connectivity index (χ4n) is 4.51. The van der Waals surface area contributed by atoms with E-state index < -0.39 is 20.2 Å². The summed E-state index contributed by atoms with van der Waals surface area (Å²) < 4.78 is 59.8. The van der Waals surface area contributed by atoms with Gasteiger partial charge in [-0.15, -0.1) is 0 Å². The van der Waals surface area contributed by atoms with Crippen molar-refractivity contribution in [2.45, 2.75) is 49.6 Å². The molecular formula is C23H29Cl2N3NaO5S2. The van der Waals surface area contributed by atoms with Gasteiger partial charge < -0.3 is 9.64 Å². The van der Waals surface area contributed by atoms with Gasteiger partial charge >= 0.3 is 0 Å². The summed E-state index contributed by atoms with van der Waals surface area (Å²) in [6.07, 6.45) is 3.08. The van der Waals surface area contributed by atoms with E-state index in [0.29, 0.717) is 28.6 Å². The van der Waals surface area contributed by atoms with Crippen molar-refractivity contribution in [1.29, 1.82) is 0 Å². The van der Waals surface area contributed by atoms with Crippen LogP contribution in [0.25, 0.3) is 0 Å². The fourth-order valence-corrected chi connectivity index (χ4v) is 7.90. The van der Waals surface area contributed by atoms with Crippen molar-refractivity contribution >= 4 is 73.0 Å². The van der Waals surface area contributed by atoms with Crippen LogP contribution >= 0.6 is 23.2 Å². The van der Waals surface area contributed by atoms with E-state index in [1.165, 1.54) is 16.4 Å². The number of hydrogen-bond acceptors (Lipinski definition) is 6. The molecule has 0 amide bonds. The van der Waals surface area contributed by atoms with E-state index >= 15 is 0 Å². The smallest absolute Gasteiger partial charge is 0.292 e. The molecule has 2 heterocycles. The Bertz CT molecular complexity index is 1250. The first-order valence-electron chi connectivity index (χ1n) is 11.5. The van der Waals surface area contributed by atoms with Crippen LogP contribution in [0, 0.1) is 6.92 Å². The number of nitrogens with one attached hydrogen (secondary N) is 1. The van der Waals surface area contributed by atoms with E-state index in [2.05, 4.69) is 4.90 Å². The van der Waals surface area contributed by atoms with Crippen LogP contribution in [0.15, 0.2) is 47.4 Å². The third-order valence-electron chi connectivity index (χ3n) is 6.50. The maximum absolute atomic E-state index is 12.8. The van der Waals surface area contributed by atoms with E-state index in [-0.39, 0.29) is 59.7 Å². The SMILES string of the molecule is Cc1ccc(S(=O)(=O)NS(=O)(=O)N2CCC(N3CCC(Oc4ccc(Cl)c(Cl)c4)CC3)CC2)cc1.[Na]. The second kappa shape index (κ2) is 12.6. The number of rotatable bonds is 7. The van der Waals surface area contributed by atoms with E-state index in [9.17, 15) is 16.8 Å². The Morgan fingerprint density at radius 1 is 0.861 bits per heavy atom. The minimum absolute atomic E-state index is 0. The van der Waals surface area contributed by atoms with Crippen molar-refractivity contribution < 1.29 is 21.6 Å². The van der Waals surface area contributed by atoms with Crippen LogP contribution in [0.3, 0.4) is 0 Å². The topological polar surface area (TPSA) is 96.0 Å². The number of piperidine rings is 2. The predicted octanol–water partition coefficient (Wildman–Crippen LogP) is 3.45. The molecule has 0 aliphatic carbocycles. The second-order valence-electron chi connectivity index (χ2n) is 8.96. The Kier molecular flexibility index (Phi) is 10.6. The molecule has 1 N–H and O–H groups in total. The third kappa shape index (κ3) is 7.59. The predicted molar refractivity (Wildman–Crippen MR) is 142 cm³/mol. The molecule has 2 aliphatic heterocycles. The van der Waals surface area contributed by atoms with Gasteiger partial charge in [-0.3, -0.25) is 0 Å². The molecule has 0 aromatic heterocycles. The Labute approximate surface area is 245 Å². The molecule has 8 nitrogen and oxygen atoms in total. The number of benzene rings is 2. The van der Waals surface area contributed by atoms with Gasteiger partial charge in [-0.05, 0) is 56.9 Å². The largest absolute Gasteiger partial charge is 0.490 e. The summed E-state index contributed by atoms with van der Waals surface area (Å²) in [5, 5.41) is 0.953. The molecule has 0 saturated carbocycles. The van der Waals surface area contributed by atoms with Gasteiger partial charge in [0.05, 0.1) is 14.9 Å². The van der Waals surface area contributed by atoms with Crippen molar-refractivity contribution in [1.82, 2.24) is 13.3 Å². The Balaban J connectivity index is 0.00000361. The quantitative estimate of drug-likeness (QED) is 0.501. The van der Waals surface area contributed by atoms with Crippen LogP contribution in [-0.2, 0) is 20.2 Å². The average Bonchev–Trinajstić information content (AvgIpc) is 2.82. The van der Waals surface area contributed by atoms with Crippen LogP contribution in [0.4, 0.5) is 0 Å². The Morgan fingerprint density at radius 2 is 1.47 bits per heavy atom. The van der Waals surface area contributed by atoms with Gasteiger partial charge in [0, 0.05) is 67.8 Å². The van der Waals surface area contributed by atoms with Crippen molar-refractivity contribution in [3.63, 3.8) is 0 Å². The Morgan fingerprint density at radius 3 is 2.06 bits per heavy atom. The van der Waals surface area contributed by atoms with Gasteiger partial charge in [0.2, 0.25) is 0 Å². The van der Waals surface area contributed by atoms with Crippen LogP contribution in [-0.4, -0.2) is 93.9 Å². The van der Waals surface area contributed by atoms with Gasteiger partial charge in [0.15, 0.2) is 0 Å². The second-order valence-corrected chi connectivity index (χ2v) is 13.4. The number of sulfonamides is 1. The molecular weight excluding hydrogens is 556 g/mol. The van der Waals surface area contributed by atoms with Crippen molar-refractivity contribution in [2.75, 3.05) is 26.2 Å². The zero-order valence-electron chi connectivity index (χ0n) is 20.4. The molecule has 13 heteroatoms. The van der Waals surface area contributed by atoms with E-state index in [0.717, 1.165) is 31.5 Å². The molecule has 1 radical (unpaired) electrons. The molecule has 2 aliphatic rings. The zero-order valence-corrected chi connectivity index (χ0v) is 25.5. The minimum Gasteiger partial charge on any atom is -0.490 e. The van der Waals surface area contributed by atoms with E-state index in [1.807, 2.05) is 17.1 Å². The number of likely N-dealkylation sites (tertiary alicyclic amines) is 1. The van der Waals surface area contributed by atoms with Crippen molar-refractivity contribution in [3.05, 3.63) is 58.1 Å². The summed E-state index contributed by atoms with van der Waals surface area (Å²) in [5.41, 5.74) is 0.888. The number of ether oxygens (including phenoxy) is 1. The summed E-state index contributed by atoms with van der Waals surface area (Å²) >= 11 is 12.0. The maximum Gasteiger partial charge on any atom is 0.292 e. The molecule has 4 rings (SSSR count). The van der Waals surface area contributed by atoms with Gasteiger partial charge in [0.1, 0.15) is 11.9 Å². The van der Waals surface area contributed by atoms with Gasteiger partial charge in [-0.2, -0.15) is 12.7 Å². The first-order chi connectivity index (χ1) is 16.5. The molecule has 36 heavy (non-hydrogen) atoms. The van der Waals surface area contributed by atoms with Gasteiger partial charge in [-0.1, -0.05) is 45.0 Å². The molecule has 0 unspecified atom stereocenters. The van der Waals surface area contributed by atoms with E-state index in [1.54, 1.807) is 24.3 Å². The van der Waals surface area contributed by atoms with Crippen LogP contribution in [0.5, 0.6) is 5.75 Å². The summed E-state index contributed by atoms with van der Waals surface area (Å²) in [5.74, 6) is 0.699. The maximum atomic E-state index is 12.8. The van der Waals surface area contributed by atoms with Crippen LogP contribution in [0.2, 0.25) is 10.0 Å². The first kappa shape index (κ1) is 30.1. The van der Waals surface area contributed by atoms with Gasteiger partial charge in [-0.25, -0.2) is 8.42 Å². The number of hydrogen-bond donors (Lipinski definition) is 1. The Hall–Kier alpha value is -0.400. The summed E-state index contributed by atoms with van der Waals surface area (Å²) in [7, 11) is -8.34. The summed E-state index contributed by atoms with van der Waals surface area (Å²) in [6, 6.07) is 11.6. The minimum atomic E-state index is -4.17. The molecule has 0 bridgehead atoms. The van der Waals surface area contributed by atoms with Crippen molar-refractivity contribution in [2.24, 2.45) is 0 Å². The average molecular weight is 586 g/mol. The normalized spacial score (nSPS) is 19.1. The van der Waals surface area contributed by atoms with Crippen LogP contribution < -0.4 is 8.86 Å². The van der Waals surface area contributed by atoms with E-state index in [4.69, 9.17) is 27.9 Å². The molecule has 2 fully saturated rings. The molecule has 193 valence electrons. The molecule has 0 spiro atoms. The summed E-state index contributed by atoms with van der Waals surface area (Å²) in [6.45, 7) is 4.06.